The van der Waals surface area contributed by atoms with Gasteiger partial charge in [-0.15, -0.1) is 0 Å². The summed E-state index contributed by atoms with van der Waals surface area (Å²) >= 11 is 0. The van der Waals surface area contributed by atoms with Crippen LogP contribution in [0.3, 0.4) is 0 Å². The monoisotopic (exact) mass is 205 g/mol. The first kappa shape index (κ1) is 10.5. The van der Waals surface area contributed by atoms with Gasteiger partial charge in [-0.3, -0.25) is 0 Å². The van der Waals surface area contributed by atoms with Crippen molar-refractivity contribution < 1.29 is 5.11 Å². The van der Waals surface area contributed by atoms with Gasteiger partial charge in [0.15, 0.2) is 0 Å². The summed E-state index contributed by atoms with van der Waals surface area (Å²) in [6.45, 7) is 7.30. The van der Waals surface area contributed by atoms with Crippen LogP contribution in [0.1, 0.15) is 36.1 Å². The molecule has 82 valence electrons. The Bertz CT molecular complexity index is 350. The molecule has 2 atom stereocenters. The second-order valence-electron chi connectivity index (χ2n) is 4.81. The molecule has 1 saturated heterocycles. The first-order valence-corrected chi connectivity index (χ1v) is 5.61. The molecule has 0 amide bonds. The van der Waals surface area contributed by atoms with Crippen LogP contribution in [0, 0.1) is 19.8 Å². The largest absolute Gasteiger partial charge is 0.507 e. The highest BCUT2D eigenvalue weighted by atomic mass is 16.3. The predicted molar refractivity (Wildman–Crippen MR) is 62.1 cm³/mol. The number of phenolic OH excluding ortho intramolecular Hbond substituents is 1. The van der Waals surface area contributed by atoms with Crippen LogP contribution >= 0.6 is 0 Å². The average Bonchev–Trinajstić information content (AvgIpc) is 2.60. The lowest BCUT2D eigenvalue weighted by atomic mass is 9.97. The van der Waals surface area contributed by atoms with Crippen LogP contribution < -0.4 is 5.32 Å². The van der Waals surface area contributed by atoms with Crippen molar-refractivity contribution in [3.8, 4) is 5.75 Å². The molecule has 0 unspecified atom stereocenters. The van der Waals surface area contributed by atoms with E-state index in [-0.39, 0.29) is 0 Å². The van der Waals surface area contributed by atoms with Crippen molar-refractivity contribution in [3.05, 3.63) is 28.8 Å². The maximum absolute atomic E-state index is 9.71. The molecule has 15 heavy (non-hydrogen) atoms. The van der Waals surface area contributed by atoms with E-state index in [1.165, 1.54) is 12.0 Å². The average molecular weight is 205 g/mol. The number of hydrogen-bond acceptors (Lipinski definition) is 2. The van der Waals surface area contributed by atoms with E-state index in [2.05, 4.69) is 24.4 Å². The fourth-order valence-corrected chi connectivity index (χ4v) is 2.36. The van der Waals surface area contributed by atoms with Gasteiger partial charge in [-0.25, -0.2) is 0 Å². The molecule has 0 spiro atoms. The van der Waals surface area contributed by atoms with E-state index >= 15 is 0 Å². The zero-order valence-corrected chi connectivity index (χ0v) is 9.67. The Morgan fingerprint density at radius 3 is 2.33 bits per heavy atom. The fourth-order valence-electron chi connectivity index (χ4n) is 2.36. The van der Waals surface area contributed by atoms with Crippen molar-refractivity contribution in [1.82, 2.24) is 5.32 Å². The molecule has 2 rings (SSSR count). The molecule has 1 aromatic carbocycles. The number of hydrogen-bond donors (Lipinski definition) is 2. The molecule has 0 radical (unpaired) electrons. The standard InChI is InChI=1S/C13H19NO/c1-8-4-12(14-7-8)11-5-9(2)13(15)10(3)6-11/h5-6,8,12,14-15H,4,7H2,1-3H3/t8-,12+/m0/s1. The van der Waals surface area contributed by atoms with Crippen LogP contribution in [0.2, 0.25) is 0 Å². The number of nitrogens with one attached hydrogen (secondary N) is 1. The summed E-state index contributed by atoms with van der Waals surface area (Å²) in [6.07, 6.45) is 1.20. The molecule has 1 aromatic rings. The first-order chi connectivity index (χ1) is 7.08. The summed E-state index contributed by atoms with van der Waals surface area (Å²) < 4.78 is 0. The van der Waals surface area contributed by atoms with Gasteiger partial charge >= 0.3 is 0 Å². The zero-order chi connectivity index (χ0) is 11.0. The molecule has 1 aliphatic heterocycles. The first-order valence-electron chi connectivity index (χ1n) is 5.61. The molecule has 1 fully saturated rings. The predicted octanol–water partition coefficient (Wildman–Crippen LogP) is 2.68. The van der Waals surface area contributed by atoms with E-state index in [9.17, 15) is 5.11 Å². The van der Waals surface area contributed by atoms with Gasteiger partial charge in [0.25, 0.3) is 0 Å². The SMILES string of the molecule is Cc1cc([C@H]2C[C@H](C)CN2)cc(C)c1O. The Labute approximate surface area is 91.3 Å². The number of rotatable bonds is 1. The van der Waals surface area contributed by atoms with Gasteiger partial charge in [0.1, 0.15) is 5.75 Å². The van der Waals surface area contributed by atoms with Crippen LogP contribution in [-0.4, -0.2) is 11.7 Å². The van der Waals surface area contributed by atoms with Gasteiger partial charge in [-0.05, 0) is 49.4 Å². The third kappa shape index (κ3) is 2.00. The third-order valence-corrected chi connectivity index (χ3v) is 3.27. The minimum Gasteiger partial charge on any atom is -0.507 e. The van der Waals surface area contributed by atoms with Crippen molar-refractivity contribution in [2.75, 3.05) is 6.54 Å². The molecule has 2 heteroatoms. The lowest BCUT2D eigenvalue weighted by molar-refractivity contribution is 0.466. The molecule has 2 N–H and O–H groups in total. The maximum atomic E-state index is 9.71. The van der Waals surface area contributed by atoms with Crippen molar-refractivity contribution in [2.45, 2.75) is 33.2 Å². The van der Waals surface area contributed by atoms with Crippen molar-refractivity contribution in [3.63, 3.8) is 0 Å². The molecule has 1 heterocycles. The summed E-state index contributed by atoms with van der Waals surface area (Å²) in [5.74, 6) is 1.19. The Morgan fingerprint density at radius 1 is 1.27 bits per heavy atom. The number of benzene rings is 1. The van der Waals surface area contributed by atoms with Gasteiger partial charge in [-0.1, -0.05) is 19.1 Å². The fraction of sp³-hybridized carbons (Fsp3) is 0.538. The molecule has 1 aliphatic rings. The molecule has 0 aromatic heterocycles. The van der Waals surface area contributed by atoms with E-state index in [0.29, 0.717) is 11.8 Å². The van der Waals surface area contributed by atoms with Crippen LogP contribution in [0.15, 0.2) is 12.1 Å². The second kappa shape index (κ2) is 3.86. The topological polar surface area (TPSA) is 32.3 Å². The van der Waals surface area contributed by atoms with Gasteiger partial charge in [0.2, 0.25) is 0 Å². The minimum atomic E-state index is 0.435. The van der Waals surface area contributed by atoms with Crippen molar-refractivity contribution in [1.29, 1.82) is 0 Å². The molecule has 0 aliphatic carbocycles. The van der Waals surface area contributed by atoms with Gasteiger partial charge in [0.05, 0.1) is 0 Å². The van der Waals surface area contributed by atoms with E-state index in [0.717, 1.165) is 23.6 Å². The van der Waals surface area contributed by atoms with E-state index in [1.807, 2.05) is 13.8 Å². The normalized spacial score (nSPS) is 25.8. The Morgan fingerprint density at radius 2 is 1.87 bits per heavy atom. The Kier molecular flexibility index (Phi) is 2.70. The van der Waals surface area contributed by atoms with Gasteiger partial charge in [0, 0.05) is 6.04 Å². The molecule has 2 nitrogen and oxygen atoms in total. The third-order valence-electron chi connectivity index (χ3n) is 3.27. The Hall–Kier alpha value is -1.02. The maximum Gasteiger partial charge on any atom is 0.121 e. The molecule has 0 saturated carbocycles. The van der Waals surface area contributed by atoms with Gasteiger partial charge < -0.3 is 10.4 Å². The lowest BCUT2D eigenvalue weighted by Crippen LogP contribution is -2.13. The highest BCUT2D eigenvalue weighted by Gasteiger charge is 2.22. The van der Waals surface area contributed by atoms with Crippen molar-refractivity contribution in [2.24, 2.45) is 5.92 Å². The van der Waals surface area contributed by atoms with E-state index < -0.39 is 0 Å². The molecular formula is C13H19NO. The number of aryl methyl sites for hydroxylation is 2. The van der Waals surface area contributed by atoms with Crippen LogP contribution in [0.5, 0.6) is 5.75 Å². The minimum absolute atomic E-state index is 0.435. The number of phenols is 1. The summed E-state index contributed by atoms with van der Waals surface area (Å²) in [7, 11) is 0. The lowest BCUT2D eigenvalue weighted by Gasteiger charge is -2.14. The molecular weight excluding hydrogens is 186 g/mol. The summed E-state index contributed by atoms with van der Waals surface area (Å²) in [4.78, 5) is 0. The van der Waals surface area contributed by atoms with Crippen LogP contribution in [0.25, 0.3) is 0 Å². The van der Waals surface area contributed by atoms with E-state index in [1.54, 1.807) is 0 Å². The summed E-state index contributed by atoms with van der Waals surface area (Å²) in [5.41, 5.74) is 3.27. The van der Waals surface area contributed by atoms with E-state index in [4.69, 9.17) is 0 Å². The zero-order valence-electron chi connectivity index (χ0n) is 9.67. The number of aromatic hydroxyl groups is 1. The smallest absolute Gasteiger partial charge is 0.121 e. The second-order valence-corrected chi connectivity index (χ2v) is 4.81. The van der Waals surface area contributed by atoms with Crippen LogP contribution in [0.4, 0.5) is 0 Å². The van der Waals surface area contributed by atoms with Crippen molar-refractivity contribution >= 4 is 0 Å². The van der Waals surface area contributed by atoms with Gasteiger partial charge in [-0.2, -0.15) is 0 Å². The molecule has 0 bridgehead atoms. The quantitative estimate of drug-likeness (QED) is 0.738. The Balaban J connectivity index is 2.29. The summed E-state index contributed by atoms with van der Waals surface area (Å²) in [5, 5.41) is 13.2. The highest BCUT2D eigenvalue weighted by molar-refractivity contribution is 5.43. The highest BCUT2D eigenvalue weighted by Crippen LogP contribution is 2.31. The van der Waals surface area contributed by atoms with Crippen LogP contribution in [-0.2, 0) is 0 Å². The summed E-state index contributed by atoms with van der Waals surface area (Å²) in [6, 6.07) is 4.66.